The van der Waals surface area contributed by atoms with Crippen molar-refractivity contribution in [3.8, 4) is 6.07 Å². The minimum Gasteiger partial charge on any atom is -0.304 e. The first-order chi connectivity index (χ1) is 6.17. The maximum atomic E-state index is 8.78. The number of rotatable bonds is 3. The van der Waals surface area contributed by atoms with Crippen LogP contribution < -0.4 is 5.32 Å². The quantitative estimate of drug-likeness (QED) is 0.696. The van der Waals surface area contributed by atoms with Gasteiger partial charge in [0, 0.05) is 19.6 Å². The molecule has 3 atom stereocenters. The van der Waals surface area contributed by atoms with Crippen molar-refractivity contribution in [1.82, 2.24) is 10.2 Å². The molecule has 1 aliphatic heterocycles. The molecule has 0 aromatic carbocycles. The third kappa shape index (κ3) is 2.68. The number of hydrogen-bond acceptors (Lipinski definition) is 3. The van der Waals surface area contributed by atoms with E-state index in [0.29, 0.717) is 0 Å². The van der Waals surface area contributed by atoms with Crippen LogP contribution in [0.15, 0.2) is 0 Å². The molecule has 0 aliphatic carbocycles. The Morgan fingerprint density at radius 1 is 1.46 bits per heavy atom. The van der Waals surface area contributed by atoms with E-state index in [1.54, 1.807) is 0 Å². The second-order valence-corrected chi connectivity index (χ2v) is 4.14. The van der Waals surface area contributed by atoms with E-state index >= 15 is 0 Å². The Balaban J connectivity index is 2.35. The van der Waals surface area contributed by atoms with Crippen molar-refractivity contribution in [2.24, 2.45) is 11.8 Å². The fourth-order valence-corrected chi connectivity index (χ4v) is 1.85. The summed E-state index contributed by atoms with van der Waals surface area (Å²) in [7, 11) is 1.84. The highest BCUT2D eigenvalue weighted by atomic mass is 15.2. The second-order valence-electron chi connectivity index (χ2n) is 4.14. The first-order valence-electron chi connectivity index (χ1n) is 4.96. The molecule has 3 nitrogen and oxygen atoms in total. The molecule has 1 fully saturated rings. The zero-order valence-corrected chi connectivity index (χ0v) is 8.75. The Labute approximate surface area is 80.7 Å². The molecule has 0 radical (unpaired) electrons. The largest absolute Gasteiger partial charge is 0.304 e. The summed E-state index contributed by atoms with van der Waals surface area (Å²) in [6.45, 7) is 7.71. The van der Waals surface area contributed by atoms with Gasteiger partial charge in [-0.2, -0.15) is 5.26 Å². The van der Waals surface area contributed by atoms with E-state index in [1.165, 1.54) is 0 Å². The van der Waals surface area contributed by atoms with Crippen LogP contribution in [0.4, 0.5) is 0 Å². The summed E-state index contributed by atoms with van der Waals surface area (Å²) < 4.78 is 0. The van der Waals surface area contributed by atoms with Crippen LogP contribution in [0.3, 0.4) is 0 Å². The van der Waals surface area contributed by atoms with Gasteiger partial charge in [-0.1, -0.05) is 13.8 Å². The van der Waals surface area contributed by atoms with Gasteiger partial charge in [0.15, 0.2) is 0 Å². The van der Waals surface area contributed by atoms with Gasteiger partial charge < -0.3 is 10.2 Å². The lowest BCUT2D eigenvalue weighted by atomic mass is 10.0. The lowest BCUT2D eigenvalue weighted by molar-refractivity contribution is 0.306. The van der Waals surface area contributed by atoms with E-state index in [0.717, 1.165) is 31.5 Å². The molecule has 1 saturated heterocycles. The third-order valence-corrected chi connectivity index (χ3v) is 3.01. The van der Waals surface area contributed by atoms with E-state index in [2.05, 4.69) is 30.1 Å². The maximum Gasteiger partial charge on any atom is 0.108 e. The van der Waals surface area contributed by atoms with Crippen LogP contribution in [-0.4, -0.2) is 37.6 Å². The third-order valence-electron chi connectivity index (χ3n) is 3.01. The summed E-state index contributed by atoms with van der Waals surface area (Å²) in [6.07, 6.45) is 0. The van der Waals surface area contributed by atoms with Crippen molar-refractivity contribution in [3.63, 3.8) is 0 Å². The molecule has 3 heteroatoms. The molecular formula is C10H19N3. The molecule has 0 spiro atoms. The van der Waals surface area contributed by atoms with Crippen molar-refractivity contribution in [2.45, 2.75) is 19.9 Å². The highest BCUT2D eigenvalue weighted by Crippen LogP contribution is 2.21. The van der Waals surface area contributed by atoms with Gasteiger partial charge in [0.25, 0.3) is 0 Å². The van der Waals surface area contributed by atoms with Crippen LogP contribution in [0, 0.1) is 23.2 Å². The molecule has 1 N–H and O–H groups in total. The zero-order valence-electron chi connectivity index (χ0n) is 8.75. The molecule has 0 bridgehead atoms. The van der Waals surface area contributed by atoms with E-state index in [1.807, 2.05) is 7.05 Å². The van der Waals surface area contributed by atoms with Crippen molar-refractivity contribution in [2.75, 3.05) is 26.7 Å². The number of likely N-dealkylation sites (tertiary alicyclic amines) is 1. The molecule has 0 saturated carbocycles. The highest BCUT2D eigenvalue weighted by Gasteiger charge is 2.26. The van der Waals surface area contributed by atoms with Crippen molar-refractivity contribution >= 4 is 0 Å². The SMILES string of the molecule is CNC(C#N)CN1CC(C)C(C)C1. The summed E-state index contributed by atoms with van der Waals surface area (Å²) in [4.78, 5) is 2.37. The molecule has 0 amide bonds. The number of nitrogens with one attached hydrogen (secondary N) is 1. The van der Waals surface area contributed by atoms with Crippen LogP contribution in [0.5, 0.6) is 0 Å². The molecule has 3 unspecified atom stereocenters. The Morgan fingerprint density at radius 3 is 2.38 bits per heavy atom. The first kappa shape index (κ1) is 10.5. The van der Waals surface area contributed by atoms with Crippen LogP contribution in [-0.2, 0) is 0 Å². The molecule has 74 valence electrons. The van der Waals surface area contributed by atoms with Crippen molar-refractivity contribution in [1.29, 1.82) is 5.26 Å². The molecule has 1 heterocycles. The normalized spacial score (nSPS) is 31.5. The number of nitrogens with zero attached hydrogens (tertiary/aromatic N) is 2. The summed E-state index contributed by atoms with van der Waals surface area (Å²) in [5.74, 6) is 1.55. The highest BCUT2D eigenvalue weighted by molar-refractivity contribution is 4.93. The Morgan fingerprint density at radius 2 is 2.00 bits per heavy atom. The van der Waals surface area contributed by atoms with Gasteiger partial charge in [-0.05, 0) is 18.9 Å². The van der Waals surface area contributed by atoms with E-state index in [4.69, 9.17) is 5.26 Å². The van der Waals surface area contributed by atoms with Crippen molar-refractivity contribution < 1.29 is 0 Å². The number of likely N-dealkylation sites (N-methyl/N-ethyl adjacent to an activating group) is 1. The monoisotopic (exact) mass is 181 g/mol. The molecular weight excluding hydrogens is 162 g/mol. The molecule has 13 heavy (non-hydrogen) atoms. The van der Waals surface area contributed by atoms with Gasteiger partial charge in [0.05, 0.1) is 6.07 Å². The second kappa shape index (κ2) is 4.59. The molecule has 1 aliphatic rings. The van der Waals surface area contributed by atoms with Gasteiger partial charge >= 0.3 is 0 Å². The Kier molecular flexibility index (Phi) is 3.71. The van der Waals surface area contributed by atoms with Crippen LogP contribution >= 0.6 is 0 Å². The number of nitriles is 1. The van der Waals surface area contributed by atoms with E-state index in [9.17, 15) is 0 Å². The average molecular weight is 181 g/mol. The average Bonchev–Trinajstić information content (AvgIpc) is 2.42. The van der Waals surface area contributed by atoms with Crippen molar-refractivity contribution in [3.05, 3.63) is 0 Å². The minimum absolute atomic E-state index is 0.0162. The summed E-state index contributed by atoms with van der Waals surface area (Å²) >= 11 is 0. The van der Waals surface area contributed by atoms with Crippen LogP contribution in [0.25, 0.3) is 0 Å². The van der Waals surface area contributed by atoms with Gasteiger partial charge in [-0.15, -0.1) is 0 Å². The predicted molar refractivity (Wildman–Crippen MR) is 53.2 cm³/mol. The first-order valence-corrected chi connectivity index (χ1v) is 4.96. The summed E-state index contributed by atoms with van der Waals surface area (Å²) in [5.41, 5.74) is 0. The zero-order chi connectivity index (χ0) is 9.84. The predicted octanol–water partition coefficient (Wildman–Crippen LogP) is 0.686. The maximum absolute atomic E-state index is 8.78. The summed E-state index contributed by atoms with van der Waals surface area (Å²) in [5, 5.41) is 11.8. The van der Waals surface area contributed by atoms with Crippen LogP contribution in [0.1, 0.15) is 13.8 Å². The smallest absolute Gasteiger partial charge is 0.108 e. The fourth-order valence-electron chi connectivity index (χ4n) is 1.85. The molecule has 0 aromatic rings. The lowest BCUT2D eigenvalue weighted by Gasteiger charge is -2.18. The lowest BCUT2D eigenvalue weighted by Crippen LogP contribution is -2.37. The Hall–Kier alpha value is -0.590. The summed E-state index contributed by atoms with van der Waals surface area (Å²) in [6, 6.07) is 2.24. The molecule has 0 aromatic heterocycles. The minimum atomic E-state index is -0.0162. The fraction of sp³-hybridized carbons (Fsp3) is 0.900. The van der Waals surface area contributed by atoms with Gasteiger partial charge in [0.1, 0.15) is 6.04 Å². The standard InChI is InChI=1S/C10H19N3/c1-8-5-13(6-9(8)2)7-10(4-11)12-3/h8-10,12H,5-7H2,1-3H3. The topological polar surface area (TPSA) is 39.1 Å². The van der Waals surface area contributed by atoms with E-state index < -0.39 is 0 Å². The molecule has 1 rings (SSSR count). The van der Waals surface area contributed by atoms with E-state index in [-0.39, 0.29) is 6.04 Å². The van der Waals surface area contributed by atoms with Gasteiger partial charge in [-0.25, -0.2) is 0 Å². The number of hydrogen-bond donors (Lipinski definition) is 1. The van der Waals surface area contributed by atoms with Crippen LogP contribution in [0.2, 0.25) is 0 Å². The van der Waals surface area contributed by atoms with Gasteiger partial charge in [0.2, 0.25) is 0 Å². The van der Waals surface area contributed by atoms with Gasteiger partial charge in [-0.3, -0.25) is 0 Å². The Bertz CT molecular complexity index is 187.